The van der Waals surface area contributed by atoms with Crippen LogP contribution in [0.5, 0.6) is 0 Å². The molecule has 0 N–H and O–H groups in total. The van der Waals surface area contributed by atoms with E-state index < -0.39 is 5.97 Å². The maximum absolute atomic E-state index is 9.26. The lowest BCUT2D eigenvalue weighted by atomic mass is 10.3. The number of carboxylic acids is 1. The van der Waals surface area contributed by atoms with Crippen LogP contribution in [0.15, 0.2) is 87.5 Å². The third-order valence-electron chi connectivity index (χ3n) is 3.41. The molecule has 0 radical (unpaired) electrons. The number of hydrogen-bond donors (Lipinski definition) is 0. The molecule has 3 aromatic rings. The standard InChI is InChI=1S/C18H12Cl3S.C3H6O2/c19-13-11-16(20)18(17(21)12-13)22(14-7-3-1-4-8-14)15-9-5-2-6-10-15;1-2-3(4)5/h1-12H;2H2,1H3,(H,4,5)/q+1;/p-1. The summed E-state index contributed by atoms with van der Waals surface area (Å²) in [4.78, 5) is 12.5. The van der Waals surface area contributed by atoms with E-state index in [1.165, 1.54) is 16.7 Å². The summed E-state index contributed by atoms with van der Waals surface area (Å²) in [5, 5.41) is 11.0. The third-order valence-corrected chi connectivity index (χ3v) is 6.79. The van der Waals surface area contributed by atoms with Gasteiger partial charge in [-0.1, -0.05) is 78.1 Å². The first-order valence-corrected chi connectivity index (χ1v) is 10.5. The van der Waals surface area contributed by atoms with Gasteiger partial charge in [0.05, 0.1) is 10.0 Å². The summed E-state index contributed by atoms with van der Waals surface area (Å²) in [6, 6.07) is 24.0. The van der Waals surface area contributed by atoms with Gasteiger partial charge in [-0.3, -0.25) is 0 Å². The number of carbonyl (C=O) groups is 1. The van der Waals surface area contributed by atoms with Crippen LogP contribution in [-0.4, -0.2) is 5.97 Å². The quantitative estimate of drug-likeness (QED) is 0.476. The van der Waals surface area contributed by atoms with Crippen LogP contribution in [0, 0.1) is 0 Å². The molecule has 0 saturated carbocycles. The third kappa shape index (κ3) is 6.18. The van der Waals surface area contributed by atoms with Gasteiger partial charge >= 0.3 is 0 Å². The fraction of sp³-hybridized carbons (Fsp3) is 0.0952. The Kier molecular flexibility index (Phi) is 8.52. The van der Waals surface area contributed by atoms with Gasteiger partial charge in [-0.2, -0.15) is 0 Å². The van der Waals surface area contributed by atoms with E-state index in [4.69, 9.17) is 34.8 Å². The highest BCUT2D eigenvalue weighted by atomic mass is 35.5. The monoisotopic (exact) mass is 438 g/mol. The van der Waals surface area contributed by atoms with Crippen LogP contribution in [0.2, 0.25) is 15.1 Å². The zero-order valence-corrected chi connectivity index (χ0v) is 17.6. The van der Waals surface area contributed by atoms with E-state index in [1.54, 1.807) is 12.1 Å². The average Bonchev–Trinajstić information content (AvgIpc) is 2.66. The molecule has 2 nitrogen and oxygen atoms in total. The number of hydrogen-bond acceptors (Lipinski definition) is 2. The van der Waals surface area contributed by atoms with Gasteiger partial charge in [0.1, 0.15) is 10.9 Å². The topological polar surface area (TPSA) is 40.1 Å². The van der Waals surface area contributed by atoms with Crippen molar-refractivity contribution in [3.8, 4) is 0 Å². The molecule has 6 heteroatoms. The van der Waals surface area contributed by atoms with Gasteiger partial charge in [0.15, 0.2) is 9.79 Å². The molecule has 0 aliphatic rings. The lowest BCUT2D eigenvalue weighted by Gasteiger charge is -2.11. The fourth-order valence-corrected chi connectivity index (χ4v) is 5.60. The molecule has 27 heavy (non-hydrogen) atoms. The Morgan fingerprint density at radius 3 is 1.56 bits per heavy atom. The average molecular weight is 440 g/mol. The second-order valence-corrected chi connectivity index (χ2v) is 8.57. The molecule has 0 spiro atoms. The smallest absolute Gasteiger partial charge is 0.203 e. The van der Waals surface area contributed by atoms with Crippen molar-refractivity contribution in [2.45, 2.75) is 28.0 Å². The van der Waals surface area contributed by atoms with Crippen LogP contribution in [0.4, 0.5) is 0 Å². The van der Waals surface area contributed by atoms with Crippen molar-refractivity contribution in [3.63, 3.8) is 0 Å². The first kappa shape index (κ1) is 21.6. The minimum Gasteiger partial charge on any atom is -0.550 e. The van der Waals surface area contributed by atoms with Gasteiger partial charge in [0.25, 0.3) is 0 Å². The van der Waals surface area contributed by atoms with Crippen molar-refractivity contribution < 1.29 is 9.90 Å². The zero-order valence-electron chi connectivity index (χ0n) is 14.5. The van der Waals surface area contributed by atoms with Gasteiger partial charge in [0, 0.05) is 11.0 Å². The molecule has 3 aromatic carbocycles. The molecule has 0 aromatic heterocycles. The molecule has 140 valence electrons. The minimum atomic E-state index is -0.995. The molecule has 0 atom stereocenters. The molecule has 0 aliphatic carbocycles. The van der Waals surface area contributed by atoms with Gasteiger partial charge in [-0.25, -0.2) is 0 Å². The first-order valence-electron chi connectivity index (χ1n) is 8.12. The Morgan fingerprint density at radius 1 is 0.852 bits per heavy atom. The predicted molar refractivity (Wildman–Crippen MR) is 112 cm³/mol. The summed E-state index contributed by atoms with van der Waals surface area (Å²) < 4.78 is 0. The number of aliphatic carboxylic acids is 1. The van der Waals surface area contributed by atoms with Crippen molar-refractivity contribution in [3.05, 3.63) is 87.9 Å². The van der Waals surface area contributed by atoms with Crippen LogP contribution >= 0.6 is 34.8 Å². The zero-order chi connectivity index (χ0) is 19.8. The fourth-order valence-electron chi connectivity index (χ4n) is 2.21. The second kappa shape index (κ2) is 10.6. The highest BCUT2D eigenvalue weighted by molar-refractivity contribution is 7.97. The van der Waals surface area contributed by atoms with E-state index >= 15 is 0 Å². The van der Waals surface area contributed by atoms with Crippen molar-refractivity contribution in [1.29, 1.82) is 0 Å². The van der Waals surface area contributed by atoms with E-state index in [1.807, 2.05) is 36.4 Å². The van der Waals surface area contributed by atoms with Crippen LogP contribution in [0.1, 0.15) is 13.3 Å². The Balaban J connectivity index is 0.000000465. The summed E-state index contributed by atoms with van der Waals surface area (Å²) in [5.41, 5.74) is 0. The van der Waals surface area contributed by atoms with E-state index in [9.17, 15) is 9.90 Å². The summed E-state index contributed by atoms with van der Waals surface area (Å²) in [7, 11) is -0.369. The lowest BCUT2D eigenvalue weighted by Crippen LogP contribution is -2.19. The van der Waals surface area contributed by atoms with Gasteiger partial charge in [-0.05, 0) is 42.8 Å². The molecule has 0 unspecified atom stereocenters. The Bertz CT molecular complexity index is 824. The Morgan fingerprint density at radius 2 is 1.22 bits per heavy atom. The van der Waals surface area contributed by atoms with E-state index in [-0.39, 0.29) is 17.3 Å². The van der Waals surface area contributed by atoms with Crippen molar-refractivity contribution >= 4 is 51.7 Å². The molecular formula is C21H17Cl3O2S. The van der Waals surface area contributed by atoms with E-state index in [0.29, 0.717) is 15.1 Å². The number of halogens is 3. The molecule has 0 fully saturated rings. The maximum atomic E-state index is 9.26. The highest BCUT2D eigenvalue weighted by Crippen LogP contribution is 2.40. The number of benzene rings is 3. The first-order chi connectivity index (χ1) is 12.9. The Labute approximate surface area is 177 Å². The van der Waals surface area contributed by atoms with Crippen LogP contribution in [0.3, 0.4) is 0 Å². The van der Waals surface area contributed by atoms with Crippen molar-refractivity contribution in [1.82, 2.24) is 0 Å². The van der Waals surface area contributed by atoms with Gasteiger partial charge in [-0.15, -0.1) is 0 Å². The number of carboxylic acid groups (broad SMARTS) is 1. The summed E-state index contributed by atoms with van der Waals surface area (Å²) in [6.45, 7) is 1.54. The number of rotatable bonds is 4. The van der Waals surface area contributed by atoms with Crippen molar-refractivity contribution in [2.75, 3.05) is 0 Å². The Hall–Kier alpha value is -1.65. The number of carbonyl (C=O) groups excluding carboxylic acids is 1. The molecular weight excluding hydrogens is 423 g/mol. The summed E-state index contributed by atoms with van der Waals surface area (Å²) >= 11 is 19.0. The predicted octanol–water partition coefficient (Wildman–Crippen LogP) is 5.89. The molecule has 0 amide bonds. The maximum Gasteiger partial charge on any atom is 0.203 e. The minimum absolute atomic E-state index is 0.111. The molecule has 3 rings (SSSR count). The van der Waals surface area contributed by atoms with Gasteiger partial charge < -0.3 is 9.90 Å². The summed E-state index contributed by atoms with van der Waals surface area (Å²) in [6.07, 6.45) is 0.111. The van der Waals surface area contributed by atoms with Crippen molar-refractivity contribution in [2.24, 2.45) is 0 Å². The largest absolute Gasteiger partial charge is 0.550 e. The van der Waals surface area contributed by atoms with Gasteiger partial charge in [0.2, 0.25) is 4.90 Å². The molecule has 0 heterocycles. The molecule has 0 aliphatic heterocycles. The van der Waals surface area contributed by atoms with E-state index in [0.717, 1.165) is 4.90 Å². The van der Waals surface area contributed by atoms with Crippen LogP contribution in [0.25, 0.3) is 0 Å². The highest BCUT2D eigenvalue weighted by Gasteiger charge is 2.33. The normalized spacial score (nSPS) is 10.3. The molecule has 0 saturated heterocycles. The SMILES string of the molecule is CCC(=O)[O-].Clc1cc(Cl)c([S+](c2ccccc2)c2ccccc2)c(Cl)c1. The van der Waals surface area contributed by atoms with E-state index in [2.05, 4.69) is 24.3 Å². The lowest BCUT2D eigenvalue weighted by molar-refractivity contribution is -0.305. The van der Waals surface area contributed by atoms with Crippen LogP contribution < -0.4 is 5.11 Å². The second-order valence-electron chi connectivity index (χ2n) is 5.36. The molecule has 0 bridgehead atoms. The van der Waals surface area contributed by atoms with Crippen LogP contribution in [-0.2, 0) is 15.7 Å². The summed E-state index contributed by atoms with van der Waals surface area (Å²) in [5.74, 6) is -0.995.